The number of carbonyl (C=O) groups excluding carboxylic acids is 1. The standard InChI is InChI=1S/C11H18N2O/c1-9(2)7-11(14)13-5-3-10(8-12)4-6-13/h9-10H,3-7H2,1-2H3. The summed E-state index contributed by atoms with van der Waals surface area (Å²) in [4.78, 5) is 13.5. The molecule has 3 nitrogen and oxygen atoms in total. The quantitative estimate of drug-likeness (QED) is 0.672. The molecular weight excluding hydrogens is 176 g/mol. The minimum atomic E-state index is 0.165. The van der Waals surface area contributed by atoms with E-state index in [1.807, 2.05) is 4.90 Å². The largest absolute Gasteiger partial charge is 0.343 e. The fourth-order valence-corrected chi connectivity index (χ4v) is 1.74. The molecule has 0 aromatic rings. The lowest BCUT2D eigenvalue weighted by Crippen LogP contribution is -2.38. The van der Waals surface area contributed by atoms with Crippen molar-refractivity contribution in [2.45, 2.75) is 33.1 Å². The lowest BCUT2D eigenvalue weighted by Gasteiger charge is -2.29. The van der Waals surface area contributed by atoms with Gasteiger partial charge in [-0.15, -0.1) is 0 Å². The van der Waals surface area contributed by atoms with Gasteiger partial charge in [-0.05, 0) is 18.8 Å². The molecule has 0 N–H and O–H groups in total. The minimum absolute atomic E-state index is 0.165. The van der Waals surface area contributed by atoms with Crippen LogP contribution in [0.3, 0.4) is 0 Å². The van der Waals surface area contributed by atoms with Gasteiger partial charge in [-0.1, -0.05) is 13.8 Å². The summed E-state index contributed by atoms with van der Waals surface area (Å²) in [6.45, 7) is 5.65. The number of piperidine rings is 1. The Morgan fingerprint density at radius 1 is 1.50 bits per heavy atom. The van der Waals surface area contributed by atoms with Crippen LogP contribution in [-0.4, -0.2) is 23.9 Å². The third-order valence-corrected chi connectivity index (χ3v) is 2.61. The molecule has 0 unspecified atom stereocenters. The molecule has 0 radical (unpaired) electrons. The van der Waals surface area contributed by atoms with E-state index in [0.29, 0.717) is 12.3 Å². The number of amides is 1. The molecule has 78 valence electrons. The second-order valence-electron chi connectivity index (χ2n) is 4.38. The summed E-state index contributed by atoms with van der Waals surface area (Å²) >= 11 is 0. The second kappa shape index (κ2) is 4.99. The van der Waals surface area contributed by atoms with Crippen LogP contribution < -0.4 is 0 Å². The van der Waals surface area contributed by atoms with Crippen molar-refractivity contribution in [3.05, 3.63) is 0 Å². The molecule has 1 rings (SSSR count). The van der Waals surface area contributed by atoms with E-state index in [2.05, 4.69) is 19.9 Å². The fourth-order valence-electron chi connectivity index (χ4n) is 1.74. The highest BCUT2D eigenvalue weighted by Gasteiger charge is 2.22. The lowest BCUT2D eigenvalue weighted by atomic mass is 9.98. The molecule has 14 heavy (non-hydrogen) atoms. The number of nitrogens with zero attached hydrogens (tertiary/aromatic N) is 2. The van der Waals surface area contributed by atoms with E-state index < -0.39 is 0 Å². The summed E-state index contributed by atoms with van der Waals surface area (Å²) in [5.41, 5.74) is 0. The zero-order chi connectivity index (χ0) is 10.6. The maximum absolute atomic E-state index is 11.6. The Labute approximate surface area is 85.7 Å². The summed E-state index contributed by atoms with van der Waals surface area (Å²) in [7, 11) is 0. The molecule has 0 bridgehead atoms. The summed E-state index contributed by atoms with van der Waals surface area (Å²) < 4.78 is 0. The van der Waals surface area contributed by atoms with Crippen LogP contribution in [0.1, 0.15) is 33.1 Å². The molecule has 0 spiro atoms. The predicted octanol–water partition coefficient (Wildman–Crippen LogP) is 1.79. The Morgan fingerprint density at radius 2 is 2.07 bits per heavy atom. The van der Waals surface area contributed by atoms with Crippen LogP contribution in [0.4, 0.5) is 0 Å². The highest BCUT2D eigenvalue weighted by Crippen LogP contribution is 2.17. The lowest BCUT2D eigenvalue weighted by molar-refractivity contribution is -0.133. The first-order valence-corrected chi connectivity index (χ1v) is 5.31. The topological polar surface area (TPSA) is 44.1 Å². The van der Waals surface area contributed by atoms with Gasteiger partial charge in [0, 0.05) is 25.4 Å². The molecule has 0 aromatic carbocycles. The van der Waals surface area contributed by atoms with Crippen LogP contribution in [0, 0.1) is 23.2 Å². The third kappa shape index (κ3) is 3.02. The average Bonchev–Trinajstić information content (AvgIpc) is 2.17. The molecular formula is C11H18N2O. The summed E-state index contributed by atoms with van der Waals surface area (Å²) in [5.74, 6) is 0.839. The Kier molecular flexibility index (Phi) is 3.94. The highest BCUT2D eigenvalue weighted by molar-refractivity contribution is 5.76. The molecule has 0 saturated carbocycles. The molecule has 0 aromatic heterocycles. The number of hydrogen-bond acceptors (Lipinski definition) is 2. The van der Waals surface area contributed by atoms with Gasteiger partial charge in [0.2, 0.25) is 5.91 Å². The summed E-state index contributed by atoms with van der Waals surface area (Å²) in [6.07, 6.45) is 2.33. The Balaban J connectivity index is 2.35. The summed E-state index contributed by atoms with van der Waals surface area (Å²) in [6, 6.07) is 2.27. The van der Waals surface area contributed by atoms with Crippen molar-refractivity contribution in [1.29, 1.82) is 5.26 Å². The molecule has 1 saturated heterocycles. The molecule has 1 aliphatic rings. The normalized spacial score (nSPS) is 18.3. The van der Waals surface area contributed by atoms with Crippen molar-refractivity contribution in [1.82, 2.24) is 4.90 Å². The Bertz CT molecular complexity index is 234. The van der Waals surface area contributed by atoms with E-state index in [4.69, 9.17) is 5.26 Å². The van der Waals surface area contributed by atoms with E-state index in [9.17, 15) is 4.79 Å². The average molecular weight is 194 g/mol. The van der Waals surface area contributed by atoms with E-state index in [0.717, 1.165) is 25.9 Å². The van der Waals surface area contributed by atoms with Crippen LogP contribution in [0.5, 0.6) is 0 Å². The first kappa shape index (κ1) is 11.0. The molecule has 1 fully saturated rings. The maximum Gasteiger partial charge on any atom is 0.222 e. The van der Waals surface area contributed by atoms with Crippen molar-refractivity contribution in [2.75, 3.05) is 13.1 Å². The van der Waals surface area contributed by atoms with E-state index in [-0.39, 0.29) is 11.8 Å². The third-order valence-electron chi connectivity index (χ3n) is 2.61. The number of rotatable bonds is 2. The smallest absolute Gasteiger partial charge is 0.222 e. The van der Waals surface area contributed by atoms with Gasteiger partial charge in [-0.2, -0.15) is 5.26 Å². The summed E-state index contributed by atoms with van der Waals surface area (Å²) in [5, 5.41) is 8.71. The molecule has 3 heteroatoms. The first-order valence-electron chi connectivity index (χ1n) is 5.31. The van der Waals surface area contributed by atoms with Crippen molar-refractivity contribution in [3.63, 3.8) is 0 Å². The van der Waals surface area contributed by atoms with Crippen LogP contribution in [-0.2, 0) is 4.79 Å². The minimum Gasteiger partial charge on any atom is -0.343 e. The van der Waals surface area contributed by atoms with E-state index in [1.54, 1.807) is 0 Å². The SMILES string of the molecule is CC(C)CC(=O)N1CCC(C#N)CC1. The number of carbonyl (C=O) groups is 1. The zero-order valence-corrected chi connectivity index (χ0v) is 8.99. The van der Waals surface area contributed by atoms with Crippen molar-refractivity contribution >= 4 is 5.91 Å². The van der Waals surface area contributed by atoms with Crippen molar-refractivity contribution < 1.29 is 4.79 Å². The van der Waals surface area contributed by atoms with Gasteiger partial charge in [-0.25, -0.2) is 0 Å². The van der Waals surface area contributed by atoms with E-state index in [1.165, 1.54) is 0 Å². The van der Waals surface area contributed by atoms with E-state index >= 15 is 0 Å². The first-order chi connectivity index (χ1) is 6.63. The maximum atomic E-state index is 11.6. The number of likely N-dealkylation sites (tertiary alicyclic amines) is 1. The molecule has 0 aliphatic carbocycles. The van der Waals surface area contributed by atoms with Gasteiger partial charge in [-0.3, -0.25) is 4.79 Å². The number of nitriles is 1. The van der Waals surface area contributed by atoms with Gasteiger partial charge < -0.3 is 4.90 Å². The van der Waals surface area contributed by atoms with Crippen molar-refractivity contribution in [3.8, 4) is 6.07 Å². The highest BCUT2D eigenvalue weighted by atomic mass is 16.2. The molecule has 1 heterocycles. The van der Waals surface area contributed by atoms with Crippen LogP contribution >= 0.6 is 0 Å². The van der Waals surface area contributed by atoms with Crippen LogP contribution in [0.15, 0.2) is 0 Å². The predicted molar refractivity (Wildman–Crippen MR) is 54.4 cm³/mol. The van der Waals surface area contributed by atoms with Crippen molar-refractivity contribution in [2.24, 2.45) is 11.8 Å². The molecule has 0 atom stereocenters. The Morgan fingerprint density at radius 3 is 2.50 bits per heavy atom. The zero-order valence-electron chi connectivity index (χ0n) is 8.99. The second-order valence-corrected chi connectivity index (χ2v) is 4.38. The van der Waals surface area contributed by atoms with Gasteiger partial charge in [0.25, 0.3) is 0 Å². The van der Waals surface area contributed by atoms with Gasteiger partial charge in [0.1, 0.15) is 0 Å². The van der Waals surface area contributed by atoms with Crippen LogP contribution in [0.2, 0.25) is 0 Å². The number of hydrogen-bond donors (Lipinski definition) is 0. The Hall–Kier alpha value is -1.04. The molecule has 1 amide bonds. The van der Waals surface area contributed by atoms with Gasteiger partial charge in [0.05, 0.1) is 6.07 Å². The monoisotopic (exact) mass is 194 g/mol. The van der Waals surface area contributed by atoms with Crippen LogP contribution in [0.25, 0.3) is 0 Å². The molecule has 1 aliphatic heterocycles. The van der Waals surface area contributed by atoms with Gasteiger partial charge in [0.15, 0.2) is 0 Å². The van der Waals surface area contributed by atoms with Gasteiger partial charge >= 0.3 is 0 Å². The fraction of sp³-hybridized carbons (Fsp3) is 0.818.